The summed E-state index contributed by atoms with van der Waals surface area (Å²) in [6.07, 6.45) is -4.39. The van der Waals surface area contributed by atoms with Gasteiger partial charge in [0.1, 0.15) is 0 Å². The van der Waals surface area contributed by atoms with E-state index in [2.05, 4.69) is 5.32 Å². The molecule has 0 radical (unpaired) electrons. The molecule has 0 unspecified atom stereocenters. The van der Waals surface area contributed by atoms with Crippen LogP contribution in [0.5, 0.6) is 0 Å². The number of nitrogens with two attached hydrogens (primary N) is 1. The molecule has 2 rings (SSSR count). The predicted molar refractivity (Wildman–Crippen MR) is 83.1 cm³/mol. The summed E-state index contributed by atoms with van der Waals surface area (Å²) < 4.78 is 38.3. The second-order valence-electron chi connectivity index (χ2n) is 4.96. The number of halogens is 4. The number of primary amides is 1. The first kappa shape index (κ1) is 17.1. The van der Waals surface area contributed by atoms with Gasteiger partial charge in [-0.05, 0) is 35.4 Å². The smallest absolute Gasteiger partial charge is 0.381 e. The van der Waals surface area contributed by atoms with Crippen molar-refractivity contribution >= 4 is 23.2 Å². The highest BCUT2D eigenvalue weighted by atomic mass is 35.5. The van der Waals surface area contributed by atoms with Crippen LogP contribution in [0.15, 0.2) is 42.5 Å². The molecule has 2 aromatic carbocycles. The van der Waals surface area contributed by atoms with Gasteiger partial charge in [-0.15, -0.1) is 0 Å². The van der Waals surface area contributed by atoms with E-state index in [1.165, 1.54) is 6.07 Å². The van der Waals surface area contributed by atoms with Crippen molar-refractivity contribution in [2.24, 2.45) is 5.73 Å². The molecule has 0 aliphatic heterocycles. The van der Waals surface area contributed by atoms with Crippen LogP contribution in [0, 0.1) is 0 Å². The van der Waals surface area contributed by atoms with E-state index >= 15 is 0 Å². The SMILES string of the molecule is NC(=O)Cc1ccccc1NCc1cc(C(F)(F)F)ccc1Cl. The van der Waals surface area contributed by atoms with Crippen molar-refractivity contribution in [3.8, 4) is 0 Å². The van der Waals surface area contributed by atoms with Gasteiger partial charge >= 0.3 is 6.18 Å². The average molecular weight is 343 g/mol. The van der Waals surface area contributed by atoms with Crippen LogP contribution in [-0.4, -0.2) is 5.91 Å². The molecule has 3 nitrogen and oxygen atoms in total. The topological polar surface area (TPSA) is 55.1 Å². The fourth-order valence-corrected chi connectivity index (χ4v) is 2.30. The summed E-state index contributed by atoms with van der Waals surface area (Å²) in [7, 11) is 0. The molecule has 0 saturated carbocycles. The van der Waals surface area contributed by atoms with Gasteiger partial charge in [0.15, 0.2) is 0 Å². The summed E-state index contributed by atoms with van der Waals surface area (Å²) in [4.78, 5) is 11.1. The Morgan fingerprint density at radius 2 is 1.83 bits per heavy atom. The Balaban J connectivity index is 2.20. The van der Waals surface area contributed by atoms with Crippen molar-refractivity contribution in [3.05, 3.63) is 64.2 Å². The molecule has 0 aliphatic rings. The van der Waals surface area contributed by atoms with Crippen molar-refractivity contribution < 1.29 is 18.0 Å². The number of hydrogen-bond acceptors (Lipinski definition) is 2. The summed E-state index contributed by atoms with van der Waals surface area (Å²) in [6, 6.07) is 10.1. The molecule has 0 saturated heterocycles. The number of amides is 1. The fraction of sp³-hybridized carbons (Fsp3) is 0.188. The Bertz CT molecular complexity index is 717. The minimum Gasteiger partial charge on any atom is -0.381 e. The van der Waals surface area contributed by atoms with Gasteiger partial charge in [-0.2, -0.15) is 13.2 Å². The molecule has 0 fully saturated rings. The third kappa shape index (κ3) is 4.63. The Labute approximate surface area is 136 Å². The van der Waals surface area contributed by atoms with Gasteiger partial charge in [0.05, 0.1) is 12.0 Å². The van der Waals surface area contributed by atoms with Crippen LogP contribution in [-0.2, 0) is 23.9 Å². The van der Waals surface area contributed by atoms with Gasteiger partial charge in [0, 0.05) is 17.3 Å². The molecule has 122 valence electrons. The standard InChI is InChI=1S/C16H14ClF3N2O/c17-13-6-5-12(16(18,19)20)7-11(13)9-22-14-4-2-1-3-10(14)8-15(21)23/h1-7,22H,8-9H2,(H2,21,23). The Hall–Kier alpha value is -2.21. The second-order valence-corrected chi connectivity index (χ2v) is 5.36. The van der Waals surface area contributed by atoms with E-state index in [4.69, 9.17) is 17.3 Å². The molecule has 2 aromatic rings. The lowest BCUT2D eigenvalue weighted by Crippen LogP contribution is -2.15. The van der Waals surface area contributed by atoms with E-state index in [-0.39, 0.29) is 18.0 Å². The third-order valence-corrected chi connectivity index (χ3v) is 3.59. The lowest BCUT2D eigenvalue weighted by Gasteiger charge is -2.14. The number of anilines is 1. The van der Waals surface area contributed by atoms with E-state index in [0.717, 1.165) is 12.1 Å². The number of benzene rings is 2. The molecule has 0 aromatic heterocycles. The van der Waals surface area contributed by atoms with E-state index in [9.17, 15) is 18.0 Å². The number of para-hydroxylation sites is 1. The number of hydrogen-bond donors (Lipinski definition) is 2. The molecule has 0 atom stereocenters. The average Bonchev–Trinajstić information content (AvgIpc) is 2.46. The zero-order valence-corrected chi connectivity index (χ0v) is 12.7. The fourth-order valence-electron chi connectivity index (χ4n) is 2.11. The summed E-state index contributed by atoms with van der Waals surface area (Å²) in [5, 5.41) is 3.23. The first-order valence-corrected chi connectivity index (χ1v) is 7.11. The molecule has 7 heteroatoms. The molecular formula is C16H14ClF3N2O. The van der Waals surface area contributed by atoms with Gasteiger partial charge in [-0.25, -0.2) is 0 Å². The van der Waals surface area contributed by atoms with Crippen LogP contribution >= 0.6 is 11.6 Å². The predicted octanol–water partition coefficient (Wildman–Crippen LogP) is 4.00. The first-order chi connectivity index (χ1) is 10.8. The molecule has 0 spiro atoms. The lowest BCUT2D eigenvalue weighted by atomic mass is 10.1. The Morgan fingerprint density at radius 3 is 2.48 bits per heavy atom. The number of rotatable bonds is 5. The minimum absolute atomic E-state index is 0.0412. The van der Waals surface area contributed by atoms with Crippen LogP contribution < -0.4 is 11.1 Å². The number of carbonyl (C=O) groups is 1. The van der Waals surface area contributed by atoms with Crippen molar-refractivity contribution in [2.75, 3.05) is 5.32 Å². The normalized spacial score (nSPS) is 11.3. The maximum absolute atomic E-state index is 12.8. The van der Waals surface area contributed by atoms with E-state index < -0.39 is 17.6 Å². The molecule has 0 heterocycles. The molecule has 1 amide bonds. The summed E-state index contributed by atoms with van der Waals surface area (Å²) in [5.74, 6) is -0.489. The second kappa shape index (κ2) is 6.91. The van der Waals surface area contributed by atoms with E-state index in [0.29, 0.717) is 16.8 Å². The Kier molecular flexibility index (Phi) is 5.15. The van der Waals surface area contributed by atoms with Gasteiger partial charge in [0.25, 0.3) is 0 Å². The number of alkyl halides is 3. The van der Waals surface area contributed by atoms with Crippen molar-refractivity contribution in [1.29, 1.82) is 0 Å². The number of carbonyl (C=O) groups excluding carboxylic acids is 1. The zero-order chi connectivity index (χ0) is 17.0. The van der Waals surface area contributed by atoms with Crippen LogP contribution in [0.2, 0.25) is 5.02 Å². The van der Waals surface area contributed by atoms with E-state index in [1.807, 2.05) is 0 Å². The molecule has 23 heavy (non-hydrogen) atoms. The zero-order valence-electron chi connectivity index (χ0n) is 12.0. The number of nitrogens with one attached hydrogen (secondary N) is 1. The van der Waals surface area contributed by atoms with Gasteiger partial charge in [0.2, 0.25) is 5.91 Å². The van der Waals surface area contributed by atoms with E-state index in [1.54, 1.807) is 24.3 Å². The molecule has 0 aliphatic carbocycles. The largest absolute Gasteiger partial charge is 0.416 e. The molecule has 0 bridgehead atoms. The highest BCUT2D eigenvalue weighted by molar-refractivity contribution is 6.31. The van der Waals surface area contributed by atoms with Crippen LogP contribution in [0.1, 0.15) is 16.7 Å². The van der Waals surface area contributed by atoms with Crippen molar-refractivity contribution in [2.45, 2.75) is 19.1 Å². The van der Waals surface area contributed by atoms with Crippen molar-refractivity contribution in [3.63, 3.8) is 0 Å². The van der Waals surface area contributed by atoms with Crippen LogP contribution in [0.4, 0.5) is 18.9 Å². The molecular weight excluding hydrogens is 329 g/mol. The van der Waals surface area contributed by atoms with Gasteiger partial charge in [-0.3, -0.25) is 4.79 Å². The quantitative estimate of drug-likeness (QED) is 0.863. The van der Waals surface area contributed by atoms with Gasteiger partial charge < -0.3 is 11.1 Å². The Morgan fingerprint density at radius 1 is 1.13 bits per heavy atom. The molecule has 3 N–H and O–H groups in total. The maximum atomic E-state index is 12.8. The lowest BCUT2D eigenvalue weighted by molar-refractivity contribution is -0.137. The summed E-state index contributed by atoms with van der Waals surface area (Å²) in [6.45, 7) is 0.0958. The highest BCUT2D eigenvalue weighted by Gasteiger charge is 2.30. The van der Waals surface area contributed by atoms with Gasteiger partial charge in [-0.1, -0.05) is 29.8 Å². The van der Waals surface area contributed by atoms with Crippen molar-refractivity contribution in [1.82, 2.24) is 0 Å². The maximum Gasteiger partial charge on any atom is 0.416 e. The first-order valence-electron chi connectivity index (χ1n) is 6.73. The summed E-state index contributed by atoms with van der Waals surface area (Å²) >= 11 is 5.96. The minimum atomic E-state index is -4.43. The summed E-state index contributed by atoms with van der Waals surface area (Å²) in [5.41, 5.74) is 6.03. The van der Waals surface area contributed by atoms with Crippen LogP contribution in [0.3, 0.4) is 0 Å². The highest BCUT2D eigenvalue weighted by Crippen LogP contribution is 2.32. The third-order valence-electron chi connectivity index (χ3n) is 3.22. The monoisotopic (exact) mass is 342 g/mol. The van der Waals surface area contributed by atoms with Crippen LogP contribution in [0.25, 0.3) is 0 Å².